The monoisotopic (exact) mass is 859 g/mol. The Labute approximate surface area is 379 Å². The lowest BCUT2D eigenvalue weighted by Crippen LogP contribution is -2.29. The van der Waals surface area contributed by atoms with Gasteiger partial charge in [0.2, 0.25) is 0 Å². The summed E-state index contributed by atoms with van der Waals surface area (Å²) in [6.45, 7) is 9.12. The molecule has 352 valence electrons. The number of esters is 1. The van der Waals surface area contributed by atoms with E-state index in [2.05, 4.69) is 69.4 Å². The Bertz CT molecular complexity index is 891. The van der Waals surface area contributed by atoms with Gasteiger partial charge in [0.1, 0.15) is 6.10 Å². The van der Waals surface area contributed by atoms with Crippen molar-refractivity contribution in [3.8, 4) is 0 Å². The molecule has 0 fully saturated rings. The largest absolute Gasteiger partial charge is 0.457 e. The maximum atomic E-state index is 12.8. The predicted molar refractivity (Wildman–Crippen MR) is 269 cm³/mol. The van der Waals surface area contributed by atoms with Gasteiger partial charge in [-0.1, -0.05) is 217 Å². The van der Waals surface area contributed by atoms with E-state index in [0.29, 0.717) is 19.0 Å². The molecular weight excluding hydrogens is 757 g/mol. The van der Waals surface area contributed by atoms with Gasteiger partial charge in [0.15, 0.2) is 0 Å². The average molecular weight is 859 g/mol. The first-order valence-corrected chi connectivity index (χ1v) is 27.4. The lowest BCUT2D eigenvalue weighted by molar-refractivity contribution is -0.153. The third-order valence-corrected chi connectivity index (χ3v) is 12.3. The fourth-order valence-corrected chi connectivity index (χ4v) is 8.14. The van der Waals surface area contributed by atoms with Crippen LogP contribution in [0.4, 0.5) is 0 Å². The van der Waals surface area contributed by atoms with Crippen molar-refractivity contribution in [2.24, 2.45) is 0 Å². The molecule has 0 amide bonds. The zero-order valence-corrected chi connectivity index (χ0v) is 41.3. The summed E-state index contributed by atoms with van der Waals surface area (Å²) in [7, 11) is 0. The number of unbranched alkanes of at least 4 members (excludes halogenated alkanes) is 29. The second kappa shape index (κ2) is 53.8. The van der Waals surface area contributed by atoms with Crippen LogP contribution in [0.1, 0.15) is 252 Å². The van der Waals surface area contributed by atoms with Crippen molar-refractivity contribution in [2.75, 3.05) is 37.9 Å². The summed E-state index contributed by atoms with van der Waals surface area (Å²) in [5, 5.41) is 0. The van der Waals surface area contributed by atoms with Gasteiger partial charge in [0.05, 0.1) is 19.0 Å². The summed E-state index contributed by atoms with van der Waals surface area (Å²) in [5.74, 6) is 1.33. The van der Waals surface area contributed by atoms with Gasteiger partial charge in [-0.15, -0.1) is 0 Å². The minimum atomic E-state index is -0.320. The summed E-state index contributed by atoms with van der Waals surface area (Å²) in [4.78, 5) is 12.8. The standard InChI is InChI=1S/C55H102O4S/c1-4-7-10-13-16-19-22-25-27-29-31-33-36-39-42-45-48-57-51-54(59-55(56)53-60-50-47-44-41-38-35-24-21-18-15-12-9-6-3)52-58-49-46-43-40-37-34-32-30-28-26-23-20-17-14-11-8-5-2/h16-17,19-20,25-28,54H,4-15,18,21-24,29-53H2,1-3H3/b19-16-,20-17-,27-25-,28-26-. The zero-order chi connectivity index (χ0) is 43.3. The molecule has 60 heavy (non-hydrogen) atoms. The summed E-state index contributed by atoms with van der Waals surface area (Å²) in [6.07, 6.45) is 64.4. The van der Waals surface area contributed by atoms with Crippen LogP contribution in [-0.4, -0.2) is 50.0 Å². The van der Waals surface area contributed by atoms with Crippen LogP contribution in [0.25, 0.3) is 0 Å². The van der Waals surface area contributed by atoms with Crippen molar-refractivity contribution in [3.05, 3.63) is 48.6 Å². The van der Waals surface area contributed by atoms with Crippen molar-refractivity contribution >= 4 is 17.7 Å². The van der Waals surface area contributed by atoms with Crippen molar-refractivity contribution in [1.29, 1.82) is 0 Å². The second-order valence-electron chi connectivity index (χ2n) is 17.4. The van der Waals surface area contributed by atoms with Gasteiger partial charge < -0.3 is 14.2 Å². The fraction of sp³-hybridized carbons (Fsp3) is 0.836. The number of thioether (sulfide) groups is 1. The first-order valence-electron chi connectivity index (χ1n) is 26.3. The number of allylic oxidation sites excluding steroid dienone is 8. The number of hydrogen-bond acceptors (Lipinski definition) is 5. The molecule has 0 spiro atoms. The Morgan fingerprint density at radius 2 is 0.717 bits per heavy atom. The van der Waals surface area contributed by atoms with E-state index in [9.17, 15) is 4.79 Å². The molecule has 0 aliphatic carbocycles. The van der Waals surface area contributed by atoms with Crippen LogP contribution in [0.3, 0.4) is 0 Å². The van der Waals surface area contributed by atoms with Crippen molar-refractivity contribution < 1.29 is 19.0 Å². The van der Waals surface area contributed by atoms with Crippen LogP contribution in [0.15, 0.2) is 48.6 Å². The van der Waals surface area contributed by atoms with Crippen LogP contribution in [0, 0.1) is 0 Å². The highest BCUT2D eigenvalue weighted by atomic mass is 32.2. The van der Waals surface area contributed by atoms with E-state index in [1.54, 1.807) is 11.8 Å². The first kappa shape index (κ1) is 58.7. The average Bonchev–Trinajstić information content (AvgIpc) is 3.25. The van der Waals surface area contributed by atoms with Crippen molar-refractivity contribution in [1.82, 2.24) is 0 Å². The van der Waals surface area contributed by atoms with E-state index in [1.807, 2.05) is 0 Å². The topological polar surface area (TPSA) is 44.8 Å². The van der Waals surface area contributed by atoms with E-state index in [0.717, 1.165) is 44.6 Å². The number of hydrogen-bond donors (Lipinski definition) is 0. The number of carbonyl (C=O) groups is 1. The third kappa shape index (κ3) is 51.1. The highest BCUT2D eigenvalue weighted by molar-refractivity contribution is 7.99. The van der Waals surface area contributed by atoms with E-state index in [4.69, 9.17) is 14.2 Å². The Kier molecular flexibility index (Phi) is 52.7. The Hall–Kier alpha value is -1.30. The molecule has 5 heteroatoms. The molecule has 4 nitrogen and oxygen atoms in total. The molecule has 0 N–H and O–H groups in total. The summed E-state index contributed by atoms with van der Waals surface area (Å²) in [5.41, 5.74) is 0. The van der Waals surface area contributed by atoms with E-state index < -0.39 is 0 Å². The van der Waals surface area contributed by atoms with Crippen LogP contribution < -0.4 is 0 Å². The van der Waals surface area contributed by atoms with Gasteiger partial charge in [-0.2, -0.15) is 11.8 Å². The minimum absolute atomic E-state index is 0.126. The molecular formula is C55H102O4S. The molecule has 0 radical (unpaired) electrons. The molecule has 0 bridgehead atoms. The number of rotatable bonds is 50. The van der Waals surface area contributed by atoms with E-state index in [-0.39, 0.29) is 12.1 Å². The SMILES string of the molecule is CCCCC/C=C\C/C=C\CCCCCCCCOCC(COCCCCCCCC/C=C\C/C=C\CCCCC)OC(=O)CSCCCCCCCCCCCCCC. The summed E-state index contributed by atoms with van der Waals surface area (Å²) in [6, 6.07) is 0. The van der Waals surface area contributed by atoms with Crippen molar-refractivity contribution in [3.63, 3.8) is 0 Å². The third-order valence-electron chi connectivity index (χ3n) is 11.2. The van der Waals surface area contributed by atoms with Crippen LogP contribution >= 0.6 is 11.8 Å². The Morgan fingerprint density at radius 1 is 0.400 bits per heavy atom. The normalized spacial score (nSPS) is 12.2. The van der Waals surface area contributed by atoms with Gasteiger partial charge in [-0.05, 0) is 89.2 Å². The van der Waals surface area contributed by atoms with Crippen molar-refractivity contribution in [2.45, 2.75) is 258 Å². The van der Waals surface area contributed by atoms with Crippen LogP contribution in [-0.2, 0) is 19.0 Å². The maximum Gasteiger partial charge on any atom is 0.316 e. The van der Waals surface area contributed by atoms with Gasteiger partial charge >= 0.3 is 5.97 Å². The maximum absolute atomic E-state index is 12.8. The molecule has 0 rings (SSSR count). The molecule has 0 aliphatic heterocycles. The zero-order valence-electron chi connectivity index (χ0n) is 40.4. The lowest BCUT2D eigenvalue weighted by Gasteiger charge is -2.18. The highest BCUT2D eigenvalue weighted by Gasteiger charge is 2.15. The van der Waals surface area contributed by atoms with Gasteiger partial charge in [-0.3, -0.25) is 4.79 Å². The van der Waals surface area contributed by atoms with Crippen LogP contribution in [0.5, 0.6) is 0 Å². The highest BCUT2D eigenvalue weighted by Crippen LogP contribution is 2.15. The van der Waals surface area contributed by atoms with E-state index >= 15 is 0 Å². The fourth-order valence-electron chi connectivity index (χ4n) is 7.35. The smallest absolute Gasteiger partial charge is 0.316 e. The number of carbonyl (C=O) groups excluding carboxylic acids is 1. The number of ether oxygens (including phenoxy) is 3. The predicted octanol–water partition coefficient (Wildman–Crippen LogP) is 18.0. The molecule has 0 unspecified atom stereocenters. The summed E-state index contributed by atoms with van der Waals surface area (Å²) < 4.78 is 18.0. The van der Waals surface area contributed by atoms with Crippen LogP contribution in [0.2, 0.25) is 0 Å². The Balaban J connectivity index is 4.17. The first-order chi connectivity index (χ1) is 29.7. The molecule has 0 aliphatic rings. The van der Waals surface area contributed by atoms with Gasteiger partial charge in [-0.25, -0.2) is 0 Å². The molecule has 0 aromatic carbocycles. The molecule has 0 aromatic heterocycles. The molecule has 0 aromatic rings. The van der Waals surface area contributed by atoms with E-state index in [1.165, 1.54) is 205 Å². The molecule has 0 saturated carbocycles. The Morgan fingerprint density at radius 3 is 1.12 bits per heavy atom. The molecule has 0 atom stereocenters. The summed E-state index contributed by atoms with van der Waals surface area (Å²) >= 11 is 1.72. The molecule has 0 heterocycles. The molecule has 0 saturated heterocycles. The van der Waals surface area contributed by atoms with Gasteiger partial charge in [0, 0.05) is 13.2 Å². The van der Waals surface area contributed by atoms with Gasteiger partial charge in [0.25, 0.3) is 0 Å². The quantitative estimate of drug-likeness (QED) is 0.0346. The lowest BCUT2D eigenvalue weighted by atomic mass is 10.1. The second-order valence-corrected chi connectivity index (χ2v) is 18.5. The minimum Gasteiger partial charge on any atom is -0.457 e.